The smallest absolute Gasteiger partial charge is 0.333 e. The zero-order valence-corrected chi connectivity index (χ0v) is 13.9. The third-order valence-corrected chi connectivity index (χ3v) is 6.29. The Bertz CT molecular complexity index is 574. The van der Waals surface area contributed by atoms with Gasteiger partial charge in [0.05, 0.1) is 5.60 Å². The molecule has 4 bridgehead atoms. The van der Waals surface area contributed by atoms with Gasteiger partial charge in [-0.1, -0.05) is 0 Å². The van der Waals surface area contributed by atoms with Gasteiger partial charge < -0.3 is 9.47 Å². The van der Waals surface area contributed by atoms with Gasteiger partial charge in [0.15, 0.2) is 5.78 Å². The Labute approximate surface area is 135 Å². The second-order valence-corrected chi connectivity index (χ2v) is 8.79. The summed E-state index contributed by atoms with van der Waals surface area (Å²) in [6.07, 6.45) is 6.51. The number of hydrogen-bond donors (Lipinski definition) is 1. The Hall–Kier alpha value is -0.990. The molecule has 1 N–H and O–H groups in total. The lowest BCUT2D eigenvalue weighted by atomic mass is 9.54. The van der Waals surface area contributed by atoms with Crippen molar-refractivity contribution in [3.63, 3.8) is 0 Å². The van der Waals surface area contributed by atoms with Crippen molar-refractivity contribution in [2.24, 2.45) is 17.8 Å². The summed E-state index contributed by atoms with van der Waals surface area (Å²) >= 11 is 0. The van der Waals surface area contributed by atoms with Gasteiger partial charge in [-0.3, -0.25) is 9.35 Å². The van der Waals surface area contributed by atoms with Crippen LogP contribution < -0.4 is 0 Å². The van der Waals surface area contributed by atoms with Gasteiger partial charge in [-0.2, -0.15) is 8.42 Å². The van der Waals surface area contributed by atoms with Gasteiger partial charge in [-0.15, -0.1) is 0 Å². The van der Waals surface area contributed by atoms with E-state index < -0.39 is 33.9 Å². The summed E-state index contributed by atoms with van der Waals surface area (Å²) in [5.74, 6) is 0.0643. The molecule has 4 aliphatic carbocycles. The third kappa shape index (κ3) is 3.59. The fraction of sp³-hybridized carbons (Fsp3) is 0.867. The van der Waals surface area contributed by atoms with Crippen molar-refractivity contribution in [2.75, 3.05) is 6.61 Å². The second kappa shape index (κ2) is 5.82. The molecule has 0 aromatic rings. The molecule has 4 saturated carbocycles. The summed E-state index contributed by atoms with van der Waals surface area (Å²) in [4.78, 5) is 23.0. The van der Waals surface area contributed by atoms with Crippen LogP contribution in [0.4, 0.5) is 0 Å². The van der Waals surface area contributed by atoms with Crippen molar-refractivity contribution in [1.29, 1.82) is 0 Å². The Balaban J connectivity index is 1.58. The fourth-order valence-electron chi connectivity index (χ4n) is 4.93. The number of carbonyl (C=O) groups is 2. The summed E-state index contributed by atoms with van der Waals surface area (Å²) in [5.41, 5.74) is -2.48. The van der Waals surface area contributed by atoms with Crippen LogP contribution in [0, 0.1) is 17.8 Å². The maximum Gasteiger partial charge on any atom is 0.333 e. The molecule has 130 valence electrons. The first-order valence-corrected chi connectivity index (χ1v) is 9.47. The lowest BCUT2D eigenvalue weighted by Crippen LogP contribution is -2.52. The van der Waals surface area contributed by atoms with Gasteiger partial charge in [0, 0.05) is 0 Å². The number of esters is 1. The molecule has 8 heteroatoms. The largest absolute Gasteiger partial charge is 0.433 e. The van der Waals surface area contributed by atoms with Crippen molar-refractivity contribution in [2.45, 2.75) is 56.5 Å². The maximum absolute atomic E-state index is 11.8. The van der Waals surface area contributed by atoms with Crippen LogP contribution >= 0.6 is 0 Å². The lowest BCUT2D eigenvalue weighted by molar-refractivity contribution is -0.183. The highest BCUT2D eigenvalue weighted by molar-refractivity contribution is 7.87. The van der Waals surface area contributed by atoms with Crippen LogP contribution in [0.3, 0.4) is 0 Å². The van der Waals surface area contributed by atoms with Crippen LogP contribution in [0.25, 0.3) is 0 Å². The zero-order valence-electron chi connectivity index (χ0n) is 13.1. The number of hydrogen-bond acceptors (Lipinski definition) is 6. The molecule has 0 heterocycles. The molecule has 7 nitrogen and oxygen atoms in total. The van der Waals surface area contributed by atoms with E-state index in [4.69, 9.17) is 9.29 Å². The molecule has 1 atom stereocenters. The number of carbonyl (C=O) groups excluding carboxylic acids is 2. The quantitative estimate of drug-likeness (QED) is 0.571. The van der Waals surface area contributed by atoms with Gasteiger partial charge in [0.2, 0.25) is 0 Å². The minimum absolute atomic E-state index is 0.308. The summed E-state index contributed by atoms with van der Waals surface area (Å²) in [6.45, 7) is 0.539. The molecule has 0 aromatic carbocycles. The molecule has 0 radical (unpaired) electrons. The molecule has 0 amide bonds. The monoisotopic (exact) mass is 346 g/mol. The van der Waals surface area contributed by atoms with E-state index in [2.05, 4.69) is 4.74 Å². The van der Waals surface area contributed by atoms with E-state index in [1.54, 1.807) is 0 Å². The molecule has 23 heavy (non-hydrogen) atoms. The standard InChI is InChI=1S/C15H22O7S/c1-9(16)14(23(18,19)20)22-13(17)8-21-15-5-10-2-11(6-15)4-12(3-10)7-15/h10-12,14H,2-8H2,1H3,(H,18,19,20). The van der Waals surface area contributed by atoms with Crippen molar-refractivity contribution in [3.8, 4) is 0 Å². The minimum Gasteiger partial charge on any atom is -0.433 e. The van der Waals surface area contributed by atoms with Gasteiger partial charge in [-0.05, 0) is 63.2 Å². The van der Waals surface area contributed by atoms with Gasteiger partial charge in [0.1, 0.15) is 6.61 Å². The summed E-state index contributed by atoms with van der Waals surface area (Å²) in [7, 11) is -4.77. The molecule has 4 aliphatic rings. The van der Waals surface area contributed by atoms with Crippen molar-refractivity contribution in [3.05, 3.63) is 0 Å². The molecule has 0 aromatic heterocycles. The Morgan fingerprint density at radius 1 is 1.13 bits per heavy atom. The fourth-order valence-corrected chi connectivity index (χ4v) is 5.58. The molecular formula is C15H22O7S. The molecule has 0 aliphatic heterocycles. The predicted molar refractivity (Wildman–Crippen MR) is 79.0 cm³/mol. The summed E-state index contributed by atoms with van der Waals surface area (Å²) < 4.78 is 41.5. The van der Waals surface area contributed by atoms with E-state index in [1.807, 2.05) is 0 Å². The van der Waals surface area contributed by atoms with Crippen LogP contribution in [0.2, 0.25) is 0 Å². The number of ketones is 1. The van der Waals surface area contributed by atoms with Crippen molar-refractivity contribution >= 4 is 21.9 Å². The maximum atomic E-state index is 11.8. The van der Waals surface area contributed by atoms with Crippen LogP contribution in [0.1, 0.15) is 45.4 Å². The van der Waals surface area contributed by atoms with E-state index in [-0.39, 0.29) is 5.60 Å². The predicted octanol–water partition coefficient (Wildman–Crippen LogP) is 1.32. The van der Waals surface area contributed by atoms with Crippen LogP contribution in [0.5, 0.6) is 0 Å². The third-order valence-electron chi connectivity index (χ3n) is 5.32. The SMILES string of the molecule is CC(=O)C(OC(=O)COC12CC3CC(CC(C3)C1)C2)S(=O)(=O)O. The van der Waals surface area contributed by atoms with Gasteiger partial charge in [-0.25, -0.2) is 4.79 Å². The summed E-state index contributed by atoms with van der Waals surface area (Å²) in [6, 6.07) is 0. The van der Waals surface area contributed by atoms with Gasteiger partial charge in [0.25, 0.3) is 5.44 Å². The van der Waals surface area contributed by atoms with E-state index in [9.17, 15) is 18.0 Å². The van der Waals surface area contributed by atoms with Crippen LogP contribution in [0.15, 0.2) is 0 Å². The minimum atomic E-state index is -4.77. The van der Waals surface area contributed by atoms with E-state index >= 15 is 0 Å². The normalized spacial score (nSPS) is 36.7. The highest BCUT2D eigenvalue weighted by atomic mass is 32.2. The van der Waals surface area contributed by atoms with E-state index in [1.165, 1.54) is 19.3 Å². The molecule has 1 unspecified atom stereocenters. The molecule has 0 saturated heterocycles. The van der Waals surface area contributed by atoms with Crippen molar-refractivity contribution < 1.29 is 32.0 Å². The Morgan fingerprint density at radius 3 is 2.00 bits per heavy atom. The molecule has 0 spiro atoms. The zero-order chi connectivity index (χ0) is 16.8. The highest BCUT2D eigenvalue weighted by Gasteiger charge is 2.52. The van der Waals surface area contributed by atoms with Crippen LogP contribution in [-0.2, 0) is 29.2 Å². The first kappa shape index (κ1) is 16.9. The van der Waals surface area contributed by atoms with Crippen LogP contribution in [-0.4, -0.2) is 42.4 Å². The first-order valence-electron chi connectivity index (χ1n) is 7.97. The molecular weight excluding hydrogens is 324 g/mol. The Morgan fingerprint density at radius 2 is 1.61 bits per heavy atom. The summed E-state index contributed by atoms with van der Waals surface area (Å²) in [5, 5.41) is 0. The second-order valence-electron chi connectivity index (χ2n) is 7.34. The number of Topliss-reactive ketones (excluding diaryl/α,β-unsaturated/α-hetero) is 1. The lowest BCUT2D eigenvalue weighted by Gasteiger charge is -2.56. The number of ether oxygens (including phenoxy) is 2. The molecule has 4 rings (SSSR count). The Kier molecular flexibility index (Phi) is 4.27. The van der Waals surface area contributed by atoms with Crippen molar-refractivity contribution in [1.82, 2.24) is 0 Å². The number of rotatable bonds is 6. The topological polar surface area (TPSA) is 107 Å². The average molecular weight is 346 g/mol. The highest BCUT2D eigenvalue weighted by Crippen LogP contribution is 2.57. The first-order chi connectivity index (χ1) is 10.7. The molecule has 4 fully saturated rings. The van der Waals surface area contributed by atoms with Gasteiger partial charge >= 0.3 is 16.1 Å². The van der Waals surface area contributed by atoms with E-state index in [0.29, 0.717) is 17.8 Å². The average Bonchev–Trinajstić information content (AvgIpc) is 2.39. The van der Waals surface area contributed by atoms with E-state index in [0.717, 1.165) is 26.2 Å².